The summed E-state index contributed by atoms with van der Waals surface area (Å²) in [6.45, 7) is 8.62. The maximum atomic E-state index is 5.44. The molecule has 3 aromatic rings. The molecule has 1 saturated heterocycles. The number of aliphatic imine (C=N–C) groups is 1. The largest absolute Gasteiger partial charge is 0.379 e. The average molecular weight is 408 g/mol. The van der Waals surface area contributed by atoms with Gasteiger partial charge < -0.3 is 15.4 Å². The summed E-state index contributed by atoms with van der Waals surface area (Å²) in [6, 6.07) is 14.5. The molecule has 1 aliphatic rings. The number of aromatic nitrogens is 3. The number of nitrogens with zero attached hydrogens (tertiary/aromatic N) is 5. The summed E-state index contributed by atoms with van der Waals surface area (Å²) in [5.74, 6) is 1.62. The standard InChI is InChI=1S/C22H29N7O/c1-2-23-22(25-16-21-27-26-20-8-3-4-9-29(20)21)24-15-18-6-5-7-19(14-18)17-28-10-12-30-13-11-28/h3-9,14H,2,10-13,15-17H2,1H3,(H2,23,24,25). The van der Waals surface area contributed by atoms with Crippen LogP contribution in [0.3, 0.4) is 0 Å². The number of guanidine groups is 1. The molecule has 0 saturated carbocycles. The van der Waals surface area contributed by atoms with Crippen LogP contribution in [0.4, 0.5) is 0 Å². The van der Waals surface area contributed by atoms with Gasteiger partial charge in [0, 0.05) is 32.4 Å². The molecular weight excluding hydrogens is 378 g/mol. The second kappa shape index (κ2) is 10.2. The van der Waals surface area contributed by atoms with Crippen molar-refractivity contribution in [3.05, 3.63) is 65.6 Å². The van der Waals surface area contributed by atoms with E-state index in [1.807, 2.05) is 28.8 Å². The lowest BCUT2D eigenvalue weighted by atomic mass is 10.1. The first-order valence-electron chi connectivity index (χ1n) is 10.5. The van der Waals surface area contributed by atoms with Crippen molar-refractivity contribution in [1.82, 2.24) is 30.1 Å². The number of ether oxygens (including phenoxy) is 1. The Morgan fingerprint density at radius 1 is 1.07 bits per heavy atom. The first kappa shape index (κ1) is 20.3. The summed E-state index contributed by atoms with van der Waals surface area (Å²) < 4.78 is 7.42. The highest BCUT2D eigenvalue weighted by Gasteiger charge is 2.11. The monoisotopic (exact) mass is 407 g/mol. The molecule has 2 N–H and O–H groups in total. The van der Waals surface area contributed by atoms with Gasteiger partial charge in [0.2, 0.25) is 0 Å². The van der Waals surface area contributed by atoms with Crippen molar-refractivity contribution >= 4 is 11.6 Å². The van der Waals surface area contributed by atoms with Crippen LogP contribution < -0.4 is 10.6 Å². The number of nitrogens with one attached hydrogen (secondary N) is 2. The van der Waals surface area contributed by atoms with E-state index in [0.717, 1.165) is 56.8 Å². The van der Waals surface area contributed by atoms with E-state index in [0.29, 0.717) is 13.1 Å². The molecule has 1 aromatic carbocycles. The van der Waals surface area contributed by atoms with Crippen LogP contribution in [0.2, 0.25) is 0 Å². The first-order valence-corrected chi connectivity index (χ1v) is 10.5. The number of fused-ring (bicyclic) bond motifs is 1. The lowest BCUT2D eigenvalue weighted by Gasteiger charge is -2.26. The van der Waals surface area contributed by atoms with E-state index in [-0.39, 0.29) is 0 Å². The average Bonchev–Trinajstić information content (AvgIpc) is 3.20. The van der Waals surface area contributed by atoms with Gasteiger partial charge in [-0.05, 0) is 30.2 Å². The Balaban J connectivity index is 1.38. The quantitative estimate of drug-likeness (QED) is 0.459. The molecular formula is C22H29N7O. The van der Waals surface area contributed by atoms with Crippen molar-refractivity contribution < 1.29 is 4.74 Å². The Kier molecular flexibility index (Phi) is 6.89. The van der Waals surface area contributed by atoms with Crippen LogP contribution in [0.25, 0.3) is 5.65 Å². The van der Waals surface area contributed by atoms with E-state index >= 15 is 0 Å². The molecule has 0 aliphatic carbocycles. The highest BCUT2D eigenvalue weighted by molar-refractivity contribution is 5.79. The summed E-state index contributed by atoms with van der Waals surface area (Å²) >= 11 is 0. The summed E-state index contributed by atoms with van der Waals surface area (Å²) in [5, 5.41) is 15.1. The van der Waals surface area contributed by atoms with Crippen molar-refractivity contribution in [2.75, 3.05) is 32.8 Å². The second-order valence-corrected chi connectivity index (χ2v) is 7.30. The molecule has 2 aromatic heterocycles. The highest BCUT2D eigenvalue weighted by Crippen LogP contribution is 2.11. The van der Waals surface area contributed by atoms with Crippen LogP contribution in [0.15, 0.2) is 53.7 Å². The molecule has 0 unspecified atom stereocenters. The number of rotatable bonds is 7. The van der Waals surface area contributed by atoms with Crippen LogP contribution in [0.5, 0.6) is 0 Å². The summed E-state index contributed by atoms with van der Waals surface area (Å²) in [5.41, 5.74) is 3.36. The topological polar surface area (TPSA) is 79.1 Å². The summed E-state index contributed by atoms with van der Waals surface area (Å²) in [6.07, 6.45) is 1.97. The third-order valence-electron chi connectivity index (χ3n) is 5.06. The van der Waals surface area contributed by atoms with Crippen molar-refractivity contribution in [3.63, 3.8) is 0 Å². The van der Waals surface area contributed by atoms with Gasteiger partial charge in [-0.25, -0.2) is 4.99 Å². The second-order valence-electron chi connectivity index (χ2n) is 7.30. The molecule has 0 bridgehead atoms. The fraction of sp³-hybridized carbons (Fsp3) is 0.409. The van der Waals surface area contributed by atoms with E-state index in [1.165, 1.54) is 11.1 Å². The van der Waals surface area contributed by atoms with E-state index in [1.54, 1.807) is 0 Å². The highest BCUT2D eigenvalue weighted by atomic mass is 16.5. The SMILES string of the molecule is CCNC(=NCc1cccc(CN2CCOCC2)c1)NCc1nnc2ccccn12. The van der Waals surface area contributed by atoms with Crippen LogP contribution in [-0.4, -0.2) is 58.3 Å². The summed E-state index contributed by atoms with van der Waals surface area (Å²) in [4.78, 5) is 7.19. The number of benzene rings is 1. The van der Waals surface area contributed by atoms with E-state index in [9.17, 15) is 0 Å². The molecule has 0 amide bonds. The minimum Gasteiger partial charge on any atom is -0.379 e. The maximum Gasteiger partial charge on any atom is 0.191 e. The predicted octanol–water partition coefficient (Wildman–Crippen LogP) is 1.82. The van der Waals surface area contributed by atoms with E-state index in [4.69, 9.17) is 9.73 Å². The minimum atomic E-state index is 0.550. The number of morpholine rings is 1. The predicted molar refractivity (Wildman–Crippen MR) is 117 cm³/mol. The molecule has 3 heterocycles. The molecule has 1 fully saturated rings. The van der Waals surface area contributed by atoms with Gasteiger partial charge in [-0.15, -0.1) is 10.2 Å². The van der Waals surface area contributed by atoms with Crippen molar-refractivity contribution in [3.8, 4) is 0 Å². The number of hydrogen-bond acceptors (Lipinski definition) is 5. The normalized spacial score (nSPS) is 15.4. The Hall–Kier alpha value is -2.97. The van der Waals surface area contributed by atoms with Gasteiger partial charge in [-0.1, -0.05) is 30.3 Å². The number of hydrogen-bond donors (Lipinski definition) is 2. The lowest BCUT2D eigenvalue weighted by Crippen LogP contribution is -2.37. The third kappa shape index (κ3) is 5.34. The summed E-state index contributed by atoms with van der Waals surface area (Å²) in [7, 11) is 0. The molecule has 0 spiro atoms. The fourth-order valence-corrected chi connectivity index (χ4v) is 3.53. The van der Waals surface area contributed by atoms with Gasteiger partial charge in [-0.2, -0.15) is 0 Å². The van der Waals surface area contributed by atoms with E-state index in [2.05, 4.69) is 56.9 Å². The zero-order valence-electron chi connectivity index (χ0n) is 17.4. The van der Waals surface area contributed by atoms with Gasteiger partial charge in [0.15, 0.2) is 17.4 Å². The fourth-order valence-electron chi connectivity index (χ4n) is 3.53. The van der Waals surface area contributed by atoms with Crippen LogP contribution in [0.1, 0.15) is 23.9 Å². The van der Waals surface area contributed by atoms with E-state index < -0.39 is 0 Å². The number of pyridine rings is 1. The van der Waals surface area contributed by atoms with Crippen LogP contribution in [-0.2, 0) is 24.4 Å². The molecule has 0 atom stereocenters. The van der Waals surface area contributed by atoms with Gasteiger partial charge in [0.25, 0.3) is 0 Å². The minimum absolute atomic E-state index is 0.550. The Morgan fingerprint density at radius 3 is 2.80 bits per heavy atom. The molecule has 0 radical (unpaired) electrons. The van der Waals surface area contributed by atoms with Gasteiger partial charge in [0.1, 0.15) is 0 Å². The lowest BCUT2D eigenvalue weighted by molar-refractivity contribution is 0.0342. The smallest absolute Gasteiger partial charge is 0.191 e. The van der Waals surface area contributed by atoms with Gasteiger partial charge in [0.05, 0.1) is 26.3 Å². The zero-order valence-corrected chi connectivity index (χ0v) is 17.4. The molecule has 8 heteroatoms. The maximum absolute atomic E-state index is 5.44. The van der Waals surface area contributed by atoms with Crippen molar-refractivity contribution in [2.24, 2.45) is 4.99 Å². The third-order valence-corrected chi connectivity index (χ3v) is 5.06. The zero-order chi connectivity index (χ0) is 20.6. The molecule has 158 valence electrons. The van der Waals surface area contributed by atoms with Crippen LogP contribution >= 0.6 is 0 Å². The molecule has 8 nitrogen and oxygen atoms in total. The van der Waals surface area contributed by atoms with Gasteiger partial charge in [-0.3, -0.25) is 9.30 Å². The Morgan fingerprint density at radius 2 is 1.93 bits per heavy atom. The van der Waals surface area contributed by atoms with Crippen molar-refractivity contribution in [2.45, 2.75) is 26.6 Å². The van der Waals surface area contributed by atoms with Crippen molar-refractivity contribution in [1.29, 1.82) is 0 Å². The first-order chi connectivity index (χ1) is 14.8. The van der Waals surface area contributed by atoms with Crippen LogP contribution in [0, 0.1) is 0 Å². The Bertz CT molecular complexity index is 978. The molecule has 1 aliphatic heterocycles. The van der Waals surface area contributed by atoms with Gasteiger partial charge >= 0.3 is 0 Å². The molecule has 30 heavy (non-hydrogen) atoms. The molecule has 4 rings (SSSR count). The Labute approximate surface area is 177 Å².